The van der Waals surface area contributed by atoms with Gasteiger partial charge < -0.3 is 9.64 Å². The Kier molecular flexibility index (Phi) is 5.94. The molecule has 1 saturated heterocycles. The van der Waals surface area contributed by atoms with E-state index in [1.54, 1.807) is 24.3 Å². The second kappa shape index (κ2) is 7.94. The maximum absolute atomic E-state index is 12.2. The first-order valence-corrected chi connectivity index (χ1v) is 8.30. The molecule has 21 heavy (non-hydrogen) atoms. The molecule has 1 atom stereocenters. The smallest absolute Gasteiger partial charge is 0.260 e. The summed E-state index contributed by atoms with van der Waals surface area (Å²) >= 11 is 1.95. The van der Waals surface area contributed by atoms with E-state index in [1.807, 2.05) is 23.6 Å². The van der Waals surface area contributed by atoms with Crippen molar-refractivity contribution in [1.29, 1.82) is 5.26 Å². The number of nitrogens with zero attached hydrogens (tertiary/aromatic N) is 2. The number of carbonyl (C=O) groups excluding carboxylic acids is 1. The summed E-state index contributed by atoms with van der Waals surface area (Å²) in [5, 5.41) is 9.41. The predicted octanol–water partition coefficient (Wildman–Crippen LogP) is 2.68. The second-order valence-corrected chi connectivity index (χ2v) is 6.40. The van der Waals surface area contributed by atoms with Crippen LogP contribution in [-0.4, -0.2) is 41.5 Å². The SMILES string of the molecule is CCN(CC1CCCS1)C(=O)COc1cccc(C#N)c1. The summed E-state index contributed by atoms with van der Waals surface area (Å²) in [6.45, 7) is 3.53. The van der Waals surface area contributed by atoms with Crippen molar-refractivity contribution in [1.82, 2.24) is 4.90 Å². The molecule has 1 aromatic carbocycles. The average molecular weight is 304 g/mol. The number of amides is 1. The highest BCUT2D eigenvalue weighted by atomic mass is 32.2. The van der Waals surface area contributed by atoms with Crippen molar-refractivity contribution in [3.05, 3.63) is 29.8 Å². The van der Waals surface area contributed by atoms with Crippen molar-refractivity contribution in [2.45, 2.75) is 25.0 Å². The third kappa shape index (κ3) is 4.68. The fourth-order valence-electron chi connectivity index (χ4n) is 2.33. The molecule has 0 saturated carbocycles. The summed E-state index contributed by atoms with van der Waals surface area (Å²) in [4.78, 5) is 14.1. The number of nitriles is 1. The third-order valence-corrected chi connectivity index (χ3v) is 4.89. The van der Waals surface area contributed by atoms with E-state index in [1.165, 1.54) is 18.6 Å². The Balaban J connectivity index is 1.85. The summed E-state index contributed by atoms with van der Waals surface area (Å²) in [6, 6.07) is 8.94. The van der Waals surface area contributed by atoms with E-state index in [9.17, 15) is 4.79 Å². The van der Waals surface area contributed by atoms with Gasteiger partial charge in [0.15, 0.2) is 6.61 Å². The molecule has 112 valence electrons. The fourth-order valence-corrected chi connectivity index (χ4v) is 3.62. The molecular formula is C16H20N2O2S. The number of hydrogen-bond donors (Lipinski definition) is 0. The monoisotopic (exact) mass is 304 g/mol. The molecule has 0 aliphatic carbocycles. The van der Waals surface area contributed by atoms with Crippen molar-refractivity contribution < 1.29 is 9.53 Å². The number of likely N-dealkylation sites (N-methyl/N-ethyl adjacent to an activating group) is 1. The van der Waals surface area contributed by atoms with Gasteiger partial charge >= 0.3 is 0 Å². The second-order valence-electron chi connectivity index (χ2n) is 5.00. The molecular weight excluding hydrogens is 284 g/mol. The van der Waals surface area contributed by atoms with E-state index in [0.29, 0.717) is 23.1 Å². The number of rotatable bonds is 6. The van der Waals surface area contributed by atoms with Crippen LogP contribution in [0.25, 0.3) is 0 Å². The highest BCUT2D eigenvalue weighted by Gasteiger charge is 2.21. The van der Waals surface area contributed by atoms with Gasteiger partial charge in [0.1, 0.15) is 5.75 Å². The van der Waals surface area contributed by atoms with Gasteiger partial charge in [-0.1, -0.05) is 6.07 Å². The Hall–Kier alpha value is -1.67. The van der Waals surface area contributed by atoms with Gasteiger partial charge in [-0.3, -0.25) is 4.79 Å². The molecule has 0 radical (unpaired) electrons. The third-order valence-electron chi connectivity index (χ3n) is 3.51. The van der Waals surface area contributed by atoms with Gasteiger partial charge in [-0.2, -0.15) is 17.0 Å². The molecule has 2 rings (SSSR count). The minimum atomic E-state index is 0.00682. The van der Waals surface area contributed by atoms with Crippen LogP contribution >= 0.6 is 11.8 Å². The largest absolute Gasteiger partial charge is 0.484 e. The molecule has 0 aromatic heterocycles. The van der Waals surface area contributed by atoms with E-state index < -0.39 is 0 Å². The van der Waals surface area contributed by atoms with E-state index >= 15 is 0 Å². The number of benzene rings is 1. The molecule has 5 heteroatoms. The van der Waals surface area contributed by atoms with Crippen LogP contribution in [0.15, 0.2) is 24.3 Å². The van der Waals surface area contributed by atoms with Crippen LogP contribution in [0.2, 0.25) is 0 Å². The molecule has 1 aliphatic rings. The normalized spacial score (nSPS) is 17.2. The molecule has 0 bridgehead atoms. The van der Waals surface area contributed by atoms with Gasteiger partial charge in [0.25, 0.3) is 5.91 Å². The zero-order valence-corrected chi connectivity index (χ0v) is 13.1. The maximum atomic E-state index is 12.2. The van der Waals surface area contributed by atoms with Crippen molar-refractivity contribution >= 4 is 17.7 Å². The zero-order chi connectivity index (χ0) is 15.1. The molecule has 1 unspecified atom stereocenters. The molecule has 1 fully saturated rings. The van der Waals surface area contributed by atoms with Gasteiger partial charge in [-0.05, 0) is 43.7 Å². The van der Waals surface area contributed by atoms with E-state index in [4.69, 9.17) is 10.00 Å². The maximum Gasteiger partial charge on any atom is 0.260 e. The standard InChI is InChI=1S/C16H20N2O2S/c1-2-18(11-15-7-4-8-21-15)16(19)12-20-14-6-3-5-13(9-14)10-17/h3,5-6,9,15H,2,4,7-8,11-12H2,1H3. The van der Waals surface area contributed by atoms with Gasteiger partial charge in [0, 0.05) is 18.3 Å². The van der Waals surface area contributed by atoms with Crippen LogP contribution < -0.4 is 4.74 Å². The molecule has 4 nitrogen and oxygen atoms in total. The van der Waals surface area contributed by atoms with Crippen molar-refractivity contribution in [3.8, 4) is 11.8 Å². The number of carbonyl (C=O) groups is 1. The summed E-state index contributed by atoms with van der Waals surface area (Å²) < 4.78 is 5.51. The van der Waals surface area contributed by atoms with Crippen LogP contribution in [-0.2, 0) is 4.79 Å². The van der Waals surface area contributed by atoms with Crippen molar-refractivity contribution in [3.63, 3.8) is 0 Å². The highest BCUT2D eigenvalue weighted by Crippen LogP contribution is 2.26. The molecule has 0 N–H and O–H groups in total. The first-order chi connectivity index (χ1) is 10.2. The number of ether oxygens (including phenoxy) is 1. The zero-order valence-electron chi connectivity index (χ0n) is 12.2. The lowest BCUT2D eigenvalue weighted by Gasteiger charge is -2.24. The Labute approximate surface area is 130 Å². The number of thioether (sulfide) groups is 1. The topological polar surface area (TPSA) is 53.3 Å². The molecule has 1 aromatic rings. The molecule has 1 amide bonds. The molecule has 0 spiro atoms. The van der Waals surface area contributed by atoms with Crippen LogP contribution in [0.1, 0.15) is 25.3 Å². The van der Waals surface area contributed by atoms with E-state index in [0.717, 1.165) is 6.54 Å². The summed E-state index contributed by atoms with van der Waals surface area (Å²) in [5.74, 6) is 1.77. The predicted molar refractivity (Wildman–Crippen MR) is 84.4 cm³/mol. The Morgan fingerprint density at radius 3 is 3.10 bits per heavy atom. The summed E-state index contributed by atoms with van der Waals surface area (Å²) in [5.41, 5.74) is 0.537. The van der Waals surface area contributed by atoms with Gasteiger partial charge in [0.2, 0.25) is 0 Å². The van der Waals surface area contributed by atoms with Crippen molar-refractivity contribution in [2.75, 3.05) is 25.4 Å². The fraction of sp³-hybridized carbons (Fsp3) is 0.500. The van der Waals surface area contributed by atoms with Gasteiger partial charge in [-0.15, -0.1) is 0 Å². The Morgan fingerprint density at radius 1 is 1.57 bits per heavy atom. The Morgan fingerprint density at radius 2 is 2.43 bits per heavy atom. The molecule has 1 aliphatic heterocycles. The minimum Gasteiger partial charge on any atom is -0.484 e. The van der Waals surface area contributed by atoms with Crippen LogP contribution in [0.4, 0.5) is 0 Å². The van der Waals surface area contributed by atoms with Crippen LogP contribution in [0.5, 0.6) is 5.75 Å². The van der Waals surface area contributed by atoms with Crippen LogP contribution in [0.3, 0.4) is 0 Å². The first-order valence-electron chi connectivity index (χ1n) is 7.25. The first kappa shape index (κ1) is 15.7. The average Bonchev–Trinajstić information content (AvgIpc) is 3.03. The van der Waals surface area contributed by atoms with Gasteiger partial charge in [-0.25, -0.2) is 0 Å². The van der Waals surface area contributed by atoms with Gasteiger partial charge in [0.05, 0.1) is 11.6 Å². The van der Waals surface area contributed by atoms with Crippen molar-refractivity contribution in [2.24, 2.45) is 0 Å². The minimum absolute atomic E-state index is 0.00682. The molecule has 1 heterocycles. The summed E-state index contributed by atoms with van der Waals surface area (Å²) in [7, 11) is 0. The Bertz CT molecular complexity index is 521. The van der Waals surface area contributed by atoms with Crippen LogP contribution in [0, 0.1) is 11.3 Å². The number of hydrogen-bond acceptors (Lipinski definition) is 4. The van der Waals surface area contributed by atoms with E-state index in [-0.39, 0.29) is 12.5 Å². The quantitative estimate of drug-likeness (QED) is 0.811. The summed E-state index contributed by atoms with van der Waals surface area (Å²) in [6.07, 6.45) is 2.44. The highest BCUT2D eigenvalue weighted by molar-refractivity contribution is 8.00. The lowest BCUT2D eigenvalue weighted by Crippen LogP contribution is -2.38. The van der Waals surface area contributed by atoms with E-state index in [2.05, 4.69) is 6.07 Å². The lowest BCUT2D eigenvalue weighted by atomic mass is 10.2. The lowest BCUT2D eigenvalue weighted by molar-refractivity contribution is -0.133.